The summed E-state index contributed by atoms with van der Waals surface area (Å²) in [7, 11) is 5.24. The highest BCUT2D eigenvalue weighted by Gasteiger charge is 2.10. The van der Waals surface area contributed by atoms with Gasteiger partial charge in [0.15, 0.2) is 0 Å². The Kier molecular flexibility index (Phi) is 4.29. The number of hydrogen-bond donors (Lipinski definition) is 1. The van der Waals surface area contributed by atoms with Crippen LogP contribution in [0.2, 0.25) is 0 Å². The van der Waals surface area contributed by atoms with Crippen molar-refractivity contribution in [3.05, 3.63) is 54.1 Å². The second kappa shape index (κ2) is 6.54. The van der Waals surface area contributed by atoms with Crippen LogP contribution in [0.4, 0.5) is 17.5 Å². The zero-order valence-corrected chi connectivity index (χ0v) is 13.8. The number of ether oxygens (including phenoxy) is 1. The van der Waals surface area contributed by atoms with Gasteiger partial charge < -0.3 is 15.0 Å². The molecule has 0 spiro atoms. The Morgan fingerprint density at radius 3 is 2.62 bits per heavy atom. The predicted octanol–water partition coefficient (Wildman–Crippen LogP) is 3.23. The van der Waals surface area contributed by atoms with Gasteiger partial charge in [0.1, 0.15) is 5.82 Å². The van der Waals surface area contributed by atoms with Crippen molar-refractivity contribution in [1.29, 1.82) is 0 Å². The number of aromatic nitrogens is 2. The first-order valence-electron chi connectivity index (χ1n) is 7.48. The lowest BCUT2D eigenvalue weighted by Gasteiger charge is -2.16. The van der Waals surface area contributed by atoms with Gasteiger partial charge in [0.05, 0.1) is 18.2 Å². The monoisotopic (exact) mass is 322 g/mol. The lowest BCUT2D eigenvalue weighted by molar-refractivity contribution is 0.0601. The number of esters is 1. The number of carbonyl (C=O) groups excluding carboxylic acids is 1. The Bertz CT molecular complexity index is 893. The number of carbonyl (C=O) groups is 1. The number of methoxy groups -OCH3 is 1. The van der Waals surface area contributed by atoms with Crippen molar-refractivity contribution in [3.63, 3.8) is 0 Å². The van der Waals surface area contributed by atoms with Crippen molar-refractivity contribution in [2.45, 2.75) is 0 Å². The maximum atomic E-state index is 11.6. The number of nitrogens with zero attached hydrogens (tertiary/aromatic N) is 3. The van der Waals surface area contributed by atoms with Crippen LogP contribution in [0.3, 0.4) is 0 Å². The lowest BCUT2D eigenvalue weighted by Crippen LogP contribution is -2.13. The van der Waals surface area contributed by atoms with E-state index >= 15 is 0 Å². The maximum Gasteiger partial charge on any atom is 0.337 e. The van der Waals surface area contributed by atoms with E-state index in [9.17, 15) is 4.79 Å². The van der Waals surface area contributed by atoms with E-state index in [2.05, 4.69) is 15.3 Å². The lowest BCUT2D eigenvalue weighted by atomic mass is 10.2. The first kappa shape index (κ1) is 15.7. The normalized spacial score (nSPS) is 10.5. The van der Waals surface area contributed by atoms with Crippen LogP contribution in [-0.4, -0.2) is 37.1 Å². The molecule has 122 valence electrons. The molecule has 0 amide bonds. The molecule has 2 aromatic carbocycles. The van der Waals surface area contributed by atoms with Crippen LogP contribution in [0.25, 0.3) is 10.9 Å². The van der Waals surface area contributed by atoms with Gasteiger partial charge >= 0.3 is 5.97 Å². The highest BCUT2D eigenvalue weighted by molar-refractivity contribution is 5.92. The number of para-hydroxylation sites is 1. The van der Waals surface area contributed by atoms with Crippen molar-refractivity contribution in [1.82, 2.24) is 9.97 Å². The molecule has 1 N–H and O–H groups in total. The molecule has 1 heterocycles. The molecule has 0 saturated carbocycles. The molecule has 6 heteroatoms. The molecule has 0 saturated heterocycles. The van der Waals surface area contributed by atoms with Gasteiger partial charge in [-0.1, -0.05) is 18.2 Å². The standard InChI is InChI=1S/C18H18N4O2/c1-22(2)16-14-9-4-5-10-15(14)20-18(21-16)19-13-8-6-7-12(11-13)17(23)24-3/h4-11H,1-3H3,(H,19,20,21). The molecule has 3 aromatic rings. The van der Waals surface area contributed by atoms with E-state index in [1.54, 1.807) is 18.2 Å². The van der Waals surface area contributed by atoms with E-state index in [0.717, 1.165) is 22.4 Å². The van der Waals surface area contributed by atoms with E-state index < -0.39 is 0 Å². The smallest absolute Gasteiger partial charge is 0.337 e. The summed E-state index contributed by atoms with van der Waals surface area (Å²) in [6, 6.07) is 14.9. The largest absolute Gasteiger partial charge is 0.465 e. The average molecular weight is 322 g/mol. The van der Waals surface area contributed by atoms with Crippen LogP contribution in [-0.2, 0) is 4.74 Å². The molecule has 0 radical (unpaired) electrons. The Labute approximate surface area is 140 Å². The van der Waals surface area contributed by atoms with Gasteiger partial charge in [-0.25, -0.2) is 9.78 Å². The zero-order valence-electron chi connectivity index (χ0n) is 13.8. The molecule has 0 bridgehead atoms. The highest BCUT2D eigenvalue weighted by Crippen LogP contribution is 2.25. The summed E-state index contributed by atoms with van der Waals surface area (Å²) in [6.07, 6.45) is 0. The van der Waals surface area contributed by atoms with Gasteiger partial charge in [-0.05, 0) is 30.3 Å². The van der Waals surface area contributed by atoms with Gasteiger partial charge in [0.2, 0.25) is 5.95 Å². The molecule has 24 heavy (non-hydrogen) atoms. The van der Waals surface area contributed by atoms with E-state index in [4.69, 9.17) is 4.74 Å². The summed E-state index contributed by atoms with van der Waals surface area (Å²) >= 11 is 0. The summed E-state index contributed by atoms with van der Waals surface area (Å²) in [4.78, 5) is 22.7. The number of fused-ring (bicyclic) bond motifs is 1. The third kappa shape index (κ3) is 3.12. The summed E-state index contributed by atoms with van der Waals surface area (Å²) in [5.74, 6) is 0.915. The molecule has 1 aromatic heterocycles. The van der Waals surface area contributed by atoms with Gasteiger partial charge in [-0.3, -0.25) is 0 Å². The average Bonchev–Trinajstić information content (AvgIpc) is 2.60. The topological polar surface area (TPSA) is 67.3 Å². The second-order valence-electron chi connectivity index (χ2n) is 5.48. The van der Waals surface area contributed by atoms with Gasteiger partial charge in [0.25, 0.3) is 0 Å². The molecule has 6 nitrogen and oxygen atoms in total. The van der Waals surface area contributed by atoms with Crippen LogP contribution in [0.5, 0.6) is 0 Å². The van der Waals surface area contributed by atoms with Crippen molar-refractivity contribution >= 4 is 34.3 Å². The number of hydrogen-bond acceptors (Lipinski definition) is 6. The first-order valence-corrected chi connectivity index (χ1v) is 7.48. The molecule has 0 aliphatic heterocycles. The molecule has 0 fully saturated rings. The molecular formula is C18H18N4O2. The molecule has 0 aliphatic carbocycles. The Morgan fingerprint density at radius 1 is 1.08 bits per heavy atom. The minimum absolute atomic E-state index is 0.382. The van der Waals surface area contributed by atoms with Crippen LogP contribution in [0, 0.1) is 0 Å². The minimum atomic E-state index is -0.382. The summed E-state index contributed by atoms with van der Waals surface area (Å²) < 4.78 is 4.75. The Morgan fingerprint density at radius 2 is 1.88 bits per heavy atom. The van der Waals surface area contributed by atoms with Crippen LogP contribution >= 0.6 is 0 Å². The number of rotatable bonds is 4. The fourth-order valence-electron chi connectivity index (χ4n) is 2.43. The van der Waals surface area contributed by atoms with Crippen molar-refractivity contribution in [2.24, 2.45) is 0 Å². The van der Waals surface area contributed by atoms with E-state index in [1.807, 2.05) is 49.3 Å². The molecular weight excluding hydrogens is 304 g/mol. The molecule has 0 atom stereocenters. The van der Waals surface area contributed by atoms with Crippen molar-refractivity contribution < 1.29 is 9.53 Å². The number of nitrogens with one attached hydrogen (secondary N) is 1. The quantitative estimate of drug-likeness (QED) is 0.744. The molecule has 0 unspecified atom stereocenters. The summed E-state index contributed by atoms with van der Waals surface area (Å²) in [6.45, 7) is 0. The van der Waals surface area contributed by atoms with Crippen LogP contribution in [0.15, 0.2) is 48.5 Å². The van der Waals surface area contributed by atoms with Crippen LogP contribution in [0.1, 0.15) is 10.4 Å². The highest BCUT2D eigenvalue weighted by atomic mass is 16.5. The minimum Gasteiger partial charge on any atom is -0.465 e. The van der Waals surface area contributed by atoms with E-state index in [0.29, 0.717) is 11.5 Å². The first-order chi connectivity index (χ1) is 11.6. The van der Waals surface area contributed by atoms with Gasteiger partial charge in [-0.2, -0.15) is 4.98 Å². The predicted molar refractivity (Wildman–Crippen MR) is 94.9 cm³/mol. The fourth-order valence-corrected chi connectivity index (χ4v) is 2.43. The Balaban J connectivity index is 2.00. The molecule has 3 rings (SSSR count). The second-order valence-corrected chi connectivity index (χ2v) is 5.48. The van der Waals surface area contributed by atoms with Crippen molar-refractivity contribution in [3.8, 4) is 0 Å². The third-order valence-electron chi connectivity index (χ3n) is 3.55. The van der Waals surface area contributed by atoms with Gasteiger partial charge in [-0.15, -0.1) is 0 Å². The third-order valence-corrected chi connectivity index (χ3v) is 3.55. The Hall–Kier alpha value is -3.15. The summed E-state index contributed by atoms with van der Waals surface area (Å²) in [5.41, 5.74) is 2.04. The van der Waals surface area contributed by atoms with Crippen LogP contribution < -0.4 is 10.2 Å². The SMILES string of the molecule is COC(=O)c1cccc(Nc2nc(N(C)C)c3ccccc3n2)c1. The van der Waals surface area contributed by atoms with E-state index in [-0.39, 0.29) is 5.97 Å². The number of anilines is 3. The summed E-state index contributed by atoms with van der Waals surface area (Å²) in [5, 5.41) is 4.14. The van der Waals surface area contributed by atoms with E-state index in [1.165, 1.54) is 7.11 Å². The maximum absolute atomic E-state index is 11.6. The van der Waals surface area contributed by atoms with Crippen molar-refractivity contribution in [2.75, 3.05) is 31.4 Å². The zero-order chi connectivity index (χ0) is 17.1. The number of benzene rings is 2. The fraction of sp³-hybridized carbons (Fsp3) is 0.167. The van der Waals surface area contributed by atoms with Gasteiger partial charge in [0, 0.05) is 25.2 Å². The molecule has 0 aliphatic rings.